The van der Waals surface area contributed by atoms with Gasteiger partial charge in [-0.1, -0.05) is 7.43 Å². The first-order valence-corrected chi connectivity index (χ1v) is 3.98. The minimum atomic E-state index is 0. The second-order valence-electron chi connectivity index (χ2n) is 2.13. The number of alkyl halides is 1. The molecule has 1 aromatic rings. The van der Waals surface area contributed by atoms with Crippen molar-refractivity contribution in [1.82, 2.24) is 4.98 Å². The molecule has 1 aromatic heterocycles. The summed E-state index contributed by atoms with van der Waals surface area (Å²) in [6, 6.07) is 1.73. The number of hydrogen-bond acceptors (Lipinski definition) is 3. The number of hydrogen-bond donors (Lipinski definition) is 0. The van der Waals surface area contributed by atoms with Crippen molar-refractivity contribution in [3.8, 4) is 11.5 Å². The van der Waals surface area contributed by atoms with E-state index in [0.29, 0.717) is 23.1 Å². The molecule has 0 unspecified atom stereocenters. The molecule has 0 aliphatic heterocycles. The molecule has 0 fully saturated rings. The van der Waals surface area contributed by atoms with E-state index >= 15 is 0 Å². The van der Waals surface area contributed by atoms with Crippen molar-refractivity contribution in [1.29, 1.82) is 0 Å². The van der Waals surface area contributed by atoms with Gasteiger partial charge in [0.25, 0.3) is 0 Å². The molecule has 0 aromatic carbocycles. The van der Waals surface area contributed by atoms with Crippen LogP contribution < -0.4 is 9.47 Å². The summed E-state index contributed by atoms with van der Waals surface area (Å²) in [5.41, 5.74) is 0.693. The van der Waals surface area contributed by atoms with Crippen LogP contribution in [0.5, 0.6) is 11.5 Å². The van der Waals surface area contributed by atoms with Crippen LogP contribution in [0.15, 0.2) is 12.3 Å². The molecule has 1 rings (SSSR count). The Bertz CT molecular complexity index is 244. The van der Waals surface area contributed by atoms with Crippen LogP contribution >= 0.6 is 11.6 Å². The van der Waals surface area contributed by atoms with Crippen LogP contribution in [-0.4, -0.2) is 19.2 Å². The van der Waals surface area contributed by atoms with Crippen LogP contribution in [0.4, 0.5) is 0 Å². The van der Waals surface area contributed by atoms with Crippen LogP contribution in [0, 0.1) is 0 Å². The zero-order valence-corrected chi connectivity index (χ0v) is 7.76. The lowest BCUT2D eigenvalue weighted by atomic mass is 10.3. The first-order chi connectivity index (χ1) is 5.83. The predicted molar refractivity (Wildman–Crippen MR) is 53.6 cm³/mol. The van der Waals surface area contributed by atoms with Crippen molar-refractivity contribution in [3.05, 3.63) is 18.0 Å². The maximum Gasteiger partial charge on any atom is 0.183 e. The summed E-state index contributed by atoms with van der Waals surface area (Å²) in [6.07, 6.45) is 1.64. The molecule has 1 heterocycles. The SMILES string of the molecule is C.COc1ccnc(CCl)c1OC. The van der Waals surface area contributed by atoms with E-state index in [2.05, 4.69) is 4.98 Å². The van der Waals surface area contributed by atoms with Crippen LogP contribution in [0.2, 0.25) is 0 Å². The summed E-state index contributed by atoms with van der Waals surface area (Å²) >= 11 is 5.64. The maximum absolute atomic E-state index is 5.64. The van der Waals surface area contributed by atoms with Crippen LogP contribution in [0.1, 0.15) is 13.1 Å². The van der Waals surface area contributed by atoms with E-state index < -0.39 is 0 Å². The van der Waals surface area contributed by atoms with Crippen LogP contribution in [-0.2, 0) is 5.88 Å². The van der Waals surface area contributed by atoms with Gasteiger partial charge in [-0.05, 0) is 0 Å². The molecular formula is C9H14ClNO2. The zero-order chi connectivity index (χ0) is 8.97. The fraction of sp³-hybridized carbons (Fsp3) is 0.444. The van der Waals surface area contributed by atoms with Gasteiger partial charge in [-0.15, -0.1) is 11.6 Å². The van der Waals surface area contributed by atoms with Crippen molar-refractivity contribution in [2.75, 3.05) is 14.2 Å². The lowest BCUT2D eigenvalue weighted by Crippen LogP contribution is -1.96. The van der Waals surface area contributed by atoms with Crippen molar-refractivity contribution in [2.45, 2.75) is 13.3 Å². The average Bonchev–Trinajstić information content (AvgIpc) is 2.16. The third-order valence-electron chi connectivity index (χ3n) is 1.49. The van der Waals surface area contributed by atoms with Gasteiger partial charge in [0.05, 0.1) is 20.1 Å². The van der Waals surface area contributed by atoms with Crippen molar-refractivity contribution < 1.29 is 9.47 Å². The summed E-state index contributed by atoms with van der Waals surface area (Å²) in [7, 11) is 3.14. The minimum absolute atomic E-state index is 0. The number of pyridine rings is 1. The molecule has 13 heavy (non-hydrogen) atoms. The molecule has 74 valence electrons. The Morgan fingerprint density at radius 3 is 2.54 bits per heavy atom. The third kappa shape index (κ3) is 2.49. The molecule has 0 atom stereocenters. The lowest BCUT2D eigenvalue weighted by molar-refractivity contribution is 0.350. The first-order valence-electron chi connectivity index (χ1n) is 3.45. The van der Waals surface area contributed by atoms with Gasteiger partial charge in [0, 0.05) is 12.3 Å². The maximum atomic E-state index is 5.64. The van der Waals surface area contributed by atoms with Gasteiger partial charge < -0.3 is 9.47 Å². The van der Waals surface area contributed by atoms with Gasteiger partial charge in [-0.2, -0.15) is 0 Å². The molecule has 0 radical (unpaired) electrons. The standard InChI is InChI=1S/C8H10ClNO2.CH4/c1-11-7-3-4-10-6(5-9)8(7)12-2;/h3-4H,5H2,1-2H3;1H4. The first kappa shape index (κ1) is 12.0. The topological polar surface area (TPSA) is 31.4 Å². The molecular weight excluding hydrogens is 190 g/mol. The highest BCUT2D eigenvalue weighted by Crippen LogP contribution is 2.29. The molecule has 0 aliphatic carbocycles. The van der Waals surface area contributed by atoms with E-state index in [-0.39, 0.29) is 7.43 Å². The molecule has 0 amide bonds. The highest BCUT2D eigenvalue weighted by atomic mass is 35.5. The van der Waals surface area contributed by atoms with Gasteiger partial charge in [0.1, 0.15) is 5.69 Å². The van der Waals surface area contributed by atoms with E-state index in [1.54, 1.807) is 26.5 Å². The fourth-order valence-electron chi connectivity index (χ4n) is 0.946. The molecule has 0 aliphatic rings. The Morgan fingerprint density at radius 2 is 2.08 bits per heavy atom. The summed E-state index contributed by atoms with van der Waals surface area (Å²) in [5, 5.41) is 0. The molecule has 0 saturated heterocycles. The summed E-state index contributed by atoms with van der Waals surface area (Å²) in [6.45, 7) is 0. The van der Waals surface area contributed by atoms with Gasteiger partial charge in [0.2, 0.25) is 0 Å². The Hall–Kier alpha value is -0.960. The summed E-state index contributed by atoms with van der Waals surface area (Å²) in [4.78, 5) is 4.04. The molecule has 0 saturated carbocycles. The van der Waals surface area contributed by atoms with E-state index in [1.165, 1.54) is 0 Å². The van der Waals surface area contributed by atoms with E-state index in [9.17, 15) is 0 Å². The molecule has 0 spiro atoms. The second kappa shape index (κ2) is 5.65. The normalized spacial score (nSPS) is 8.85. The second-order valence-corrected chi connectivity index (χ2v) is 2.39. The highest BCUT2D eigenvalue weighted by Gasteiger charge is 2.08. The Kier molecular flexibility index (Phi) is 5.23. The quantitative estimate of drug-likeness (QED) is 0.708. The molecule has 0 bridgehead atoms. The van der Waals surface area contributed by atoms with E-state index in [1.807, 2.05) is 0 Å². The Morgan fingerprint density at radius 1 is 1.38 bits per heavy atom. The summed E-state index contributed by atoms with van der Waals surface area (Å²) < 4.78 is 10.1. The van der Waals surface area contributed by atoms with E-state index in [0.717, 1.165) is 0 Å². The highest BCUT2D eigenvalue weighted by molar-refractivity contribution is 6.17. The van der Waals surface area contributed by atoms with Gasteiger partial charge in [-0.25, -0.2) is 0 Å². The lowest BCUT2D eigenvalue weighted by Gasteiger charge is -2.08. The fourth-order valence-corrected chi connectivity index (χ4v) is 1.14. The monoisotopic (exact) mass is 203 g/mol. The predicted octanol–water partition coefficient (Wildman–Crippen LogP) is 2.47. The number of halogens is 1. The third-order valence-corrected chi connectivity index (χ3v) is 1.75. The van der Waals surface area contributed by atoms with Gasteiger partial charge in [0.15, 0.2) is 11.5 Å². The average molecular weight is 204 g/mol. The van der Waals surface area contributed by atoms with Crippen molar-refractivity contribution in [3.63, 3.8) is 0 Å². The number of nitrogens with zero attached hydrogens (tertiary/aromatic N) is 1. The largest absolute Gasteiger partial charge is 0.493 e. The molecule has 4 heteroatoms. The van der Waals surface area contributed by atoms with Gasteiger partial charge in [-0.3, -0.25) is 4.98 Å². The van der Waals surface area contributed by atoms with Crippen LogP contribution in [0.3, 0.4) is 0 Å². The molecule has 0 N–H and O–H groups in total. The van der Waals surface area contributed by atoms with E-state index in [4.69, 9.17) is 21.1 Å². The Labute approximate surface area is 83.6 Å². The Balaban J connectivity index is 0.00000144. The number of rotatable bonds is 3. The number of aromatic nitrogens is 1. The number of methoxy groups -OCH3 is 2. The van der Waals surface area contributed by atoms with Crippen molar-refractivity contribution >= 4 is 11.6 Å². The van der Waals surface area contributed by atoms with Crippen LogP contribution in [0.25, 0.3) is 0 Å². The molecule has 3 nitrogen and oxygen atoms in total. The number of ether oxygens (including phenoxy) is 2. The van der Waals surface area contributed by atoms with Crippen molar-refractivity contribution in [2.24, 2.45) is 0 Å². The summed E-state index contributed by atoms with van der Waals surface area (Å²) in [5.74, 6) is 1.58. The van der Waals surface area contributed by atoms with Gasteiger partial charge >= 0.3 is 0 Å². The smallest absolute Gasteiger partial charge is 0.183 e. The zero-order valence-electron chi connectivity index (χ0n) is 7.00. The minimum Gasteiger partial charge on any atom is -0.493 e.